The topological polar surface area (TPSA) is 88.6 Å². The lowest BCUT2D eigenvalue weighted by Gasteiger charge is -2.12. The summed E-state index contributed by atoms with van der Waals surface area (Å²) in [6.45, 7) is 1.70. The number of aliphatic hydroxyl groups is 1. The molecule has 3 rings (SSSR count). The first-order valence-electron chi connectivity index (χ1n) is 8.21. The van der Waals surface area contributed by atoms with Gasteiger partial charge in [-0.1, -0.05) is 36.7 Å². The zero-order chi connectivity index (χ0) is 18.8. The number of fused-ring (bicyclic) bond motifs is 1. The van der Waals surface area contributed by atoms with Gasteiger partial charge in [0.1, 0.15) is 5.69 Å². The quantitative estimate of drug-likeness (QED) is 0.713. The monoisotopic (exact) mass is 374 g/mol. The molecule has 26 heavy (non-hydrogen) atoms. The lowest BCUT2D eigenvalue weighted by atomic mass is 10.1. The van der Waals surface area contributed by atoms with Crippen LogP contribution in [0.15, 0.2) is 41.5 Å². The molecular weight excluding hydrogens is 356 g/mol. The number of hydrogen-bond acceptors (Lipinski definition) is 4. The molecule has 2 N–H and O–H groups in total. The van der Waals surface area contributed by atoms with Crippen molar-refractivity contribution in [1.82, 2.24) is 19.3 Å². The van der Waals surface area contributed by atoms with Crippen LogP contribution in [0.1, 0.15) is 23.8 Å². The van der Waals surface area contributed by atoms with E-state index in [-0.39, 0.29) is 29.5 Å². The minimum Gasteiger partial charge on any atom is -0.394 e. The first-order chi connectivity index (χ1) is 12.5. The molecule has 0 aliphatic carbocycles. The Balaban J connectivity index is 2.08. The van der Waals surface area contributed by atoms with Crippen LogP contribution in [-0.2, 0) is 7.05 Å². The van der Waals surface area contributed by atoms with E-state index >= 15 is 0 Å². The normalized spacial score (nSPS) is 12.3. The molecule has 1 aromatic carbocycles. The molecule has 0 fully saturated rings. The highest BCUT2D eigenvalue weighted by Gasteiger charge is 2.18. The van der Waals surface area contributed by atoms with Crippen LogP contribution in [0, 0.1) is 0 Å². The van der Waals surface area contributed by atoms with Crippen LogP contribution in [0.25, 0.3) is 16.9 Å². The molecule has 0 aliphatic rings. The number of aromatic nitrogens is 3. The van der Waals surface area contributed by atoms with Crippen LogP contribution >= 0.6 is 11.6 Å². The minimum atomic E-state index is -0.434. The van der Waals surface area contributed by atoms with Gasteiger partial charge in [-0.3, -0.25) is 14.0 Å². The maximum Gasteiger partial charge on any atom is 0.294 e. The molecule has 0 saturated carbocycles. The van der Waals surface area contributed by atoms with E-state index in [1.165, 1.54) is 15.2 Å². The van der Waals surface area contributed by atoms with Crippen molar-refractivity contribution in [2.75, 3.05) is 6.61 Å². The Morgan fingerprint density at radius 3 is 2.73 bits per heavy atom. The molecule has 8 heteroatoms. The van der Waals surface area contributed by atoms with Crippen LogP contribution in [0.4, 0.5) is 0 Å². The van der Waals surface area contributed by atoms with Gasteiger partial charge in [-0.15, -0.1) is 0 Å². The van der Waals surface area contributed by atoms with Gasteiger partial charge in [0.2, 0.25) is 5.65 Å². The average molecular weight is 375 g/mol. The summed E-state index contributed by atoms with van der Waals surface area (Å²) in [5, 5.41) is 12.4. The molecule has 0 radical (unpaired) electrons. The van der Waals surface area contributed by atoms with Gasteiger partial charge in [0.25, 0.3) is 11.5 Å². The number of nitrogens with zero attached hydrogens (tertiary/aromatic N) is 3. The Labute approximate surface area is 154 Å². The third-order valence-corrected chi connectivity index (χ3v) is 4.61. The first kappa shape index (κ1) is 18.2. The van der Waals surface area contributed by atoms with E-state index in [9.17, 15) is 14.7 Å². The molecule has 0 aliphatic heterocycles. The van der Waals surface area contributed by atoms with Gasteiger partial charge in [0, 0.05) is 30.0 Å². The van der Waals surface area contributed by atoms with Crippen molar-refractivity contribution in [2.24, 2.45) is 7.05 Å². The van der Waals surface area contributed by atoms with Gasteiger partial charge in [-0.05, 0) is 12.5 Å². The van der Waals surface area contributed by atoms with E-state index in [1.807, 2.05) is 25.1 Å². The minimum absolute atomic E-state index is 0.116. The fourth-order valence-corrected chi connectivity index (χ4v) is 2.93. The van der Waals surface area contributed by atoms with Crippen molar-refractivity contribution in [3.8, 4) is 11.3 Å². The summed E-state index contributed by atoms with van der Waals surface area (Å²) < 4.78 is 2.98. The molecule has 3 aromatic rings. The third kappa shape index (κ3) is 3.23. The molecule has 136 valence electrons. The molecule has 1 unspecified atom stereocenters. The predicted molar refractivity (Wildman–Crippen MR) is 99.5 cm³/mol. The standard InChI is InChI=1S/C18H19ClN4O3/c1-3-11(10-24)20-17(25)14-8-23-9-15(12-6-4-5-7-13(12)19)22(2)18(26)16(23)21-14/h4-9,11,24H,3,10H2,1-2H3,(H,20,25). The van der Waals surface area contributed by atoms with Gasteiger partial charge in [0.05, 0.1) is 18.3 Å². The molecule has 1 atom stereocenters. The number of halogens is 1. The molecule has 2 aromatic heterocycles. The Morgan fingerprint density at radius 2 is 2.08 bits per heavy atom. The second-order valence-corrected chi connectivity index (χ2v) is 6.38. The summed E-state index contributed by atoms with van der Waals surface area (Å²) in [6, 6.07) is 6.86. The van der Waals surface area contributed by atoms with E-state index in [1.54, 1.807) is 19.3 Å². The SMILES string of the molecule is CCC(CO)NC(=O)c1cn2cc(-c3ccccc3Cl)n(C)c(=O)c2n1. The number of imidazole rings is 1. The number of aliphatic hydroxyl groups excluding tert-OH is 1. The lowest BCUT2D eigenvalue weighted by molar-refractivity contribution is 0.0910. The van der Waals surface area contributed by atoms with Crippen LogP contribution in [0.5, 0.6) is 0 Å². The number of amides is 1. The highest BCUT2D eigenvalue weighted by atomic mass is 35.5. The maximum absolute atomic E-state index is 12.7. The van der Waals surface area contributed by atoms with E-state index in [4.69, 9.17) is 11.6 Å². The summed E-state index contributed by atoms with van der Waals surface area (Å²) in [5.41, 5.74) is 1.24. The van der Waals surface area contributed by atoms with Gasteiger partial charge in [0.15, 0.2) is 0 Å². The van der Waals surface area contributed by atoms with Gasteiger partial charge >= 0.3 is 0 Å². The molecule has 0 spiro atoms. The number of rotatable bonds is 5. The van der Waals surface area contributed by atoms with Crippen molar-refractivity contribution in [3.63, 3.8) is 0 Å². The maximum atomic E-state index is 12.7. The Hall–Kier alpha value is -2.64. The summed E-state index contributed by atoms with van der Waals surface area (Å²) >= 11 is 6.25. The lowest BCUT2D eigenvalue weighted by Crippen LogP contribution is -2.37. The predicted octanol–water partition coefficient (Wildman–Crippen LogP) is 1.85. The third-order valence-electron chi connectivity index (χ3n) is 4.28. The molecule has 0 saturated heterocycles. The van der Waals surface area contributed by atoms with Crippen LogP contribution in [-0.4, -0.2) is 37.6 Å². The van der Waals surface area contributed by atoms with E-state index in [0.717, 1.165) is 0 Å². The van der Waals surface area contributed by atoms with Gasteiger partial charge in [-0.25, -0.2) is 4.98 Å². The molecule has 2 heterocycles. The van der Waals surface area contributed by atoms with Crippen molar-refractivity contribution in [1.29, 1.82) is 0 Å². The van der Waals surface area contributed by atoms with Crippen LogP contribution in [0.3, 0.4) is 0 Å². The number of carbonyl (C=O) groups excluding carboxylic acids is 1. The molecule has 0 bridgehead atoms. The number of nitrogens with one attached hydrogen (secondary N) is 1. The van der Waals surface area contributed by atoms with E-state index < -0.39 is 5.91 Å². The Kier molecular flexibility index (Phi) is 5.11. The number of hydrogen-bond donors (Lipinski definition) is 2. The first-order valence-corrected chi connectivity index (χ1v) is 8.59. The van der Waals surface area contributed by atoms with Crippen molar-refractivity contribution in [3.05, 3.63) is 57.7 Å². The van der Waals surface area contributed by atoms with Crippen molar-refractivity contribution in [2.45, 2.75) is 19.4 Å². The highest BCUT2D eigenvalue weighted by Crippen LogP contribution is 2.26. The van der Waals surface area contributed by atoms with Crippen LogP contribution < -0.4 is 10.9 Å². The van der Waals surface area contributed by atoms with Crippen molar-refractivity contribution < 1.29 is 9.90 Å². The zero-order valence-corrected chi connectivity index (χ0v) is 15.2. The second-order valence-electron chi connectivity index (χ2n) is 5.98. The van der Waals surface area contributed by atoms with E-state index in [2.05, 4.69) is 10.3 Å². The summed E-state index contributed by atoms with van der Waals surface area (Å²) in [7, 11) is 1.63. The largest absolute Gasteiger partial charge is 0.394 e. The Bertz CT molecular complexity index is 1020. The summed E-state index contributed by atoms with van der Waals surface area (Å²) in [5.74, 6) is -0.434. The van der Waals surface area contributed by atoms with Crippen LogP contribution in [0.2, 0.25) is 5.02 Å². The van der Waals surface area contributed by atoms with Crippen molar-refractivity contribution >= 4 is 23.2 Å². The number of benzene rings is 1. The molecule has 7 nitrogen and oxygen atoms in total. The smallest absolute Gasteiger partial charge is 0.294 e. The summed E-state index contributed by atoms with van der Waals surface area (Å²) in [6.07, 6.45) is 3.80. The number of carbonyl (C=O) groups is 1. The second kappa shape index (κ2) is 7.31. The van der Waals surface area contributed by atoms with E-state index in [0.29, 0.717) is 22.7 Å². The Morgan fingerprint density at radius 1 is 1.35 bits per heavy atom. The van der Waals surface area contributed by atoms with Gasteiger partial charge < -0.3 is 15.0 Å². The average Bonchev–Trinajstić information content (AvgIpc) is 3.07. The molecular formula is C18H19ClN4O3. The molecule has 1 amide bonds. The summed E-state index contributed by atoms with van der Waals surface area (Å²) in [4.78, 5) is 29.1. The van der Waals surface area contributed by atoms with Gasteiger partial charge in [-0.2, -0.15) is 0 Å². The fourth-order valence-electron chi connectivity index (χ4n) is 2.69. The zero-order valence-electron chi connectivity index (χ0n) is 14.4. The highest BCUT2D eigenvalue weighted by molar-refractivity contribution is 6.33. The fraction of sp³-hybridized carbons (Fsp3) is 0.278.